The highest BCUT2D eigenvalue weighted by atomic mass is 16.5. The van der Waals surface area contributed by atoms with E-state index in [4.69, 9.17) is 4.74 Å². The summed E-state index contributed by atoms with van der Waals surface area (Å²) in [7, 11) is 1.72. The first-order chi connectivity index (χ1) is 9.76. The quantitative estimate of drug-likeness (QED) is 0.877. The molecule has 0 aliphatic heterocycles. The third-order valence-electron chi connectivity index (χ3n) is 3.77. The van der Waals surface area contributed by atoms with Crippen molar-refractivity contribution in [2.24, 2.45) is 0 Å². The fourth-order valence-corrected chi connectivity index (χ4v) is 2.34. The van der Waals surface area contributed by atoms with Gasteiger partial charge in [-0.25, -0.2) is 0 Å². The molecule has 1 heterocycles. The van der Waals surface area contributed by atoms with Gasteiger partial charge in [-0.05, 0) is 43.5 Å². The van der Waals surface area contributed by atoms with Crippen LogP contribution >= 0.6 is 0 Å². The molecule has 3 rings (SSSR count). The number of benzene rings is 1. The third kappa shape index (κ3) is 3.02. The first kappa shape index (κ1) is 13.2. The Kier molecular flexibility index (Phi) is 3.74. The van der Waals surface area contributed by atoms with Crippen LogP contribution in [-0.4, -0.2) is 22.9 Å². The molecule has 1 fully saturated rings. The van der Waals surface area contributed by atoms with Gasteiger partial charge in [0, 0.05) is 30.0 Å². The fourth-order valence-electron chi connectivity index (χ4n) is 2.34. The van der Waals surface area contributed by atoms with Gasteiger partial charge in [0.2, 0.25) is 0 Å². The zero-order valence-corrected chi connectivity index (χ0v) is 12.1. The van der Waals surface area contributed by atoms with Gasteiger partial charge in [0.25, 0.3) is 0 Å². The number of methoxy groups -OCH3 is 1. The van der Waals surface area contributed by atoms with E-state index in [-0.39, 0.29) is 0 Å². The third-order valence-corrected chi connectivity index (χ3v) is 3.77. The van der Waals surface area contributed by atoms with E-state index in [9.17, 15) is 0 Å². The van der Waals surface area contributed by atoms with E-state index in [0.29, 0.717) is 0 Å². The van der Waals surface area contributed by atoms with E-state index < -0.39 is 0 Å². The summed E-state index contributed by atoms with van der Waals surface area (Å²) in [5.74, 6) is 0.926. The van der Waals surface area contributed by atoms with Gasteiger partial charge in [-0.15, -0.1) is 0 Å². The first-order valence-electron chi connectivity index (χ1n) is 7.14. The van der Waals surface area contributed by atoms with Crippen LogP contribution in [0.2, 0.25) is 0 Å². The summed E-state index contributed by atoms with van der Waals surface area (Å²) in [4.78, 5) is 0. The van der Waals surface area contributed by atoms with Crippen molar-refractivity contribution < 1.29 is 4.74 Å². The van der Waals surface area contributed by atoms with Crippen LogP contribution < -0.4 is 10.1 Å². The Morgan fingerprint density at radius 1 is 1.35 bits per heavy atom. The van der Waals surface area contributed by atoms with E-state index in [1.807, 2.05) is 16.9 Å². The Morgan fingerprint density at radius 2 is 2.20 bits per heavy atom. The first-order valence-corrected chi connectivity index (χ1v) is 7.14. The van der Waals surface area contributed by atoms with Crippen molar-refractivity contribution in [3.63, 3.8) is 0 Å². The monoisotopic (exact) mass is 271 g/mol. The molecule has 1 N–H and O–H groups in total. The standard InChI is InChI=1S/C16H21N3O/c1-12-7-8-18-19(12)11-14-9-13(3-6-16(14)20-2)10-17-15-4-5-15/h3,6-9,15,17H,4-5,10-11H2,1-2H3. The van der Waals surface area contributed by atoms with Gasteiger partial charge in [0.15, 0.2) is 0 Å². The summed E-state index contributed by atoms with van der Waals surface area (Å²) in [6.45, 7) is 3.75. The summed E-state index contributed by atoms with van der Waals surface area (Å²) in [6.07, 6.45) is 4.46. The second kappa shape index (κ2) is 5.67. The summed E-state index contributed by atoms with van der Waals surface area (Å²) < 4.78 is 7.46. The van der Waals surface area contributed by atoms with Crippen LogP contribution in [0, 0.1) is 6.92 Å². The van der Waals surface area contributed by atoms with Crippen molar-refractivity contribution in [3.05, 3.63) is 47.3 Å². The molecule has 1 aromatic carbocycles. The van der Waals surface area contributed by atoms with Gasteiger partial charge >= 0.3 is 0 Å². The second-order valence-corrected chi connectivity index (χ2v) is 5.43. The van der Waals surface area contributed by atoms with Crippen LogP contribution in [0.15, 0.2) is 30.5 Å². The lowest BCUT2D eigenvalue weighted by Gasteiger charge is -2.12. The van der Waals surface area contributed by atoms with Crippen molar-refractivity contribution in [3.8, 4) is 5.75 Å². The number of nitrogens with zero attached hydrogens (tertiary/aromatic N) is 2. The largest absolute Gasteiger partial charge is 0.496 e. The highest BCUT2D eigenvalue weighted by Crippen LogP contribution is 2.23. The van der Waals surface area contributed by atoms with Crippen molar-refractivity contribution in [2.75, 3.05) is 7.11 Å². The zero-order chi connectivity index (χ0) is 13.9. The molecule has 1 aliphatic rings. The lowest BCUT2D eigenvalue weighted by molar-refractivity contribution is 0.407. The average molecular weight is 271 g/mol. The number of aromatic nitrogens is 2. The van der Waals surface area contributed by atoms with Crippen molar-refractivity contribution >= 4 is 0 Å². The molecule has 1 aliphatic carbocycles. The zero-order valence-electron chi connectivity index (χ0n) is 12.1. The van der Waals surface area contributed by atoms with Crippen molar-refractivity contribution in [1.29, 1.82) is 0 Å². The van der Waals surface area contributed by atoms with Gasteiger partial charge in [-0.2, -0.15) is 5.10 Å². The maximum Gasteiger partial charge on any atom is 0.123 e. The van der Waals surface area contributed by atoms with Gasteiger partial charge in [0.05, 0.1) is 13.7 Å². The SMILES string of the molecule is COc1ccc(CNC2CC2)cc1Cn1nccc1C. The summed E-state index contributed by atoms with van der Waals surface area (Å²) >= 11 is 0. The van der Waals surface area contributed by atoms with E-state index in [0.717, 1.165) is 30.6 Å². The number of aryl methyl sites for hydroxylation is 1. The number of nitrogens with one attached hydrogen (secondary N) is 1. The minimum atomic E-state index is 0.730. The molecular weight excluding hydrogens is 250 g/mol. The number of rotatable bonds is 6. The lowest BCUT2D eigenvalue weighted by atomic mass is 10.1. The number of hydrogen-bond donors (Lipinski definition) is 1. The Bertz CT molecular complexity index is 587. The maximum atomic E-state index is 5.47. The molecular formula is C16H21N3O. The molecule has 0 radical (unpaired) electrons. The molecule has 0 amide bonds. The molecule has 2 aromatic rings. The highest BCUT2D eigenvalue weighted by Gasteiger charge is 2.20. The molecule has 0 unspecified atom stereocenters. The van der Waals surface area contributed by atoms with E-state index in [2.05, 4.69) is 35.5 Å². The fraction of sp³-hybridized carbons (Fsp3) is 0.438. The molecule has 1 saturated carbocycles. The van der Waals surface area contributed by atoms with Crippen LogP contribution in [0.1, 0.15) is 29.7 Å². The van der Waals surface area contributed by atoms with Crippen LogP contribution in [-0.2, 0) is 13.1 Å². The van der Waals surface area contributed by atoms with Gasteiger partial charge in [-0.1, -0.05) is 6.07 Å². The minimum Gasteiger partial charge on any atom is -0.496 e. The highest BCUT2D eigenvalue weighted by molar-refractivity contribution is 5.37. The molecule has 106 valence electrons. The number of hydrogen-bond acceptors (Lipinski definition) is 3. The van der Waals surface area contributed by atoms with Gasteiger partial charge in [-0.3, -0.25) is 4.68 Å². The van der Waals surface area contributed by atoms with Crippen LogP contribution in [0.4, 0.5) is 0 Å². The maximum absolute atomic E-state index is 5.47. The number of ether oxygens (including phenoxy) is 1. The van der Waals surface area contributed by atoms with Crippen LogP contribution in [0.25, 0.3) is 0 Å². The predicted molar refractivity (Wildman–Crippen MR) is 78.9 cm³/mol. The van der Waals surface area contributed by atoms with Gasteiger partial charge < -0.3 is 10.1 Å². The molecule has 0 bridgehead atoms. The molecule has 1 aromatic heterocycles. The van der Waals surface area contributed by atoms with Crippen molar-refractivity contribution in [1.82, 2.24) is 15.1 Å². The second-order valence-electron chi connectivity index (χ2n) is 5.43. The molecule has 0 saturated heterocycles. The molecule has 20 heavy (non-hydrogen) atoms. The Hall–Kier alpha value is -1.81. The Morgan fingerprint density at radius 3 is 2.85 bits per heavy atom. The van der Waals surface area contributed by atoms with E-state index in [1.54, 1.807) is 7.11 Å². The lowest BCUT2D eigenvalue weighted by Crippen LogP contribution is -2.15. The molecule has 0 spiro atoms. The predicted octanol–water partition coefficient (Wildman–Crippen LogP) is 2.50. The summed E-state index contributed by atoms with van der Waals surface area (Å²) in [5.41, 5.74) is 3.64. The van der Waals surface area contributed by atoms with Crippen LogP contribution in [0.5, 0.6) is 5.75 Å². The molecule has 0 atom stereocenters. The minimum absolute atomic E-state index is 0.730. The Balaban J connectivity index is 1.78. The van der Waals surface area contributed by atoms with E-state index in [1.165, 1.54) is 24.0 Å². The molecule has 4 nitrogen and oxygen atoms in total. The van der Waals surface area contributed by atoms with Crippen molar-refractivity contribution in [2.45, 2.75) is 38.9 Å². The Labute approximate surface area is 119 Å². The van der Waals surface area contributed by atoms with Gasteiger partial charge in [0.1, 0.15) is 5.75 Å². The summed E-state index contributed by atoms with van der Waals surface area (Å²) in [5, 5.41) is 7.89. The smallest absolute Gasteiger partial charge is 0.123 e. The van der Waals surface area contributed by atoms with Crippen LogP contribution in [0.3, 0.4) is 0 Å². The topological polar surface area (TPSA) is 39.1 Å². The average Bonchev–Trinajstić information content (AvgIpc) is 3.21. The molecule has 4 heteroatoms. The summed E-state index contributed by atoms with van der Waals surface area (Å²) in [6, 6.07) is 9.15. The van der Waals surface area contributed by atoms with E-state index >= 15 is 0 Å². The normalized spacial score (nSPS) is 14.5.